The molecule has 1 aliphatic carbocycles. The standard InChI is InChI=1S/C28H36N16/c1-43-11-19(35-15-43)7-9-29-27-39-23-21(31-13-33-23)25(41-27)37-17-3-5-18(6-4-17)38-26-22-24(34-14-32-22)40-28(42-26)30-10-8-20-12-44(2)16-36-20/h11-18H,3-10H2,1-2H3,(H3,29,31,33,37,39,41)(H3,30,32,34,38,40,42). The van der Waals surface area contributed by atoms with Gasteiger partial charge in [0.15, 0.2) is 22.9 Å². The highest BCUT2D eigenvalue weighted by Gasteiger charge is 2.24. The molecule has 16 nitrogen and oxygen atoms in total. The predicted octanol–water partition coefficient (Wildman–Crippen LogP) is 2.63. The fraction of sp³-hybridized carbons (Fsp3) is 0.429. The number of imidazole rings is 4. The molecule has 0 aliphatic heterocycles. The zero-order valence-corrected chi connectivity index (χ0v) is 24.7. The van der Waals surface area contributed by atoms with Gasteiger partial charge in [0, 0.05) is 64.5 Å². The number of H-pyrrole nitrogens is 2. The second-order valence-corrected chi connectivity index (χ2v) is 11.2. The van der Waals surface area contributed by atoms with E-state index in [1.807, 2.05) is 35.6 Å². The lowest BCUT2D eigenvalue weighted by Crippen LogP contribution is -2.33. The van der Waals surface area contributed by atoms with Gasteiger partial charge in [-0.25, -0.2) is 19.9 Å². The van der Waals surface area contributed by atoms with E-state index in [1.165, 1.54) is 0 Å². The van der Waals surface area contributed by atoms with E-state index in [2.05, 4.69) is 61.1 Å². The van der Waals surface area contributed by atoms with E-state index in [4.69, 9.17) is 9.97 Å². The Morgan fingerprint density at radius 2 is 1.11 bits per heavy atom. The SMILES string of the molecule is Cn1cnc(CCNc2nc(NC3CCC(Nc4nc(NCCc5cn(C)cn5)nc5nc[nH]c45)CC3)c3[nH]cnc3n2)c1. The first kappa shape index (κ1) is 27.5. The highest BCUT2D eigenvalue weighted by molar-refractivity contribution is 5.84. The van der Waals surface area contributed by atoms with Crippen LogP contribution in [0, 0.1) is 0 Å². The first-order valence-electron chi connectivity index (χ1n) is 14.9. The number of aryl methyl sites for hydroxylation is 2. The van der Waals surface area contributed by atoms with Crippen molar-refractivity contribution < 1.29 is 0 Å². The summed E-state index contributed by atoms with van der Waals surface area (Å²) in [5.74, 6) is 2.63. The molecule has 16 heteroatoms. The quantitative estimate of drug-likeness (QED) is 0.121. The van der Waals surface area contributed by atoms with Gasteiger partial charge in [0.1, 0.15) is 11.0 Å². The third-order valence-electron chi connectivity index (χ3n) is 7.83. The average molecular weight is 597 g/mol. The Morgan fingerprint density at radius 3 is 1.52 bits per heavy atom. The van der Waals surface area contributed by atoms with Crippen LogP contribution in [0.2, 0.25) is 0 Å². The van der Waals surface area contributed by atoms with E-state index < -0.39 is 0 Å². The number of aromatic nitrogens is 12. The molecule has 1 saturated carbocycles. The summed E-state index contributed by atoms with van der Waals surface area (Å²) in [6.07, 6.45) is 16.4. The number of nitrogens with one attached hydrogen (secondary N) is 6. The molecular weight excluding hydrogens is 560 g/mol. The number of rotatable bonds is 12. The zero-order valence-electron chi connectivity index (χ0n) is 24.7. The van der Waals surface area contributed by atoms with Crippen LogP contribution >= 0.6 is 0 Å². The highest BCUT2D eigenvalue weighted by Crippen LogP contribution is 2.28. The summed E-state index contributed by atoms with van der Waals surface area (Å²) in [4.78, 5) is 42.6. The van der Waals surface area contributed by atoms with Crippen LogP contribution < -0.4 is 21.3 Å². The van der Waals surface area contributed by atoms with Crippen LogP contribution in [-0.2, 0) is 26.9 Å². The van der Waals surface area contributed by atoms with Crippen molar-refractivity contribution in [3.05, 3.63) is 49.1 Å². The van der Waals surface area contributed by atoms with Gasteiger partial charge in [-0.05, 0) is 25.7 Å². The van der Waals surface area contributed by atoms with E-state index in [0.717, 1.165) is 72.6 Å². The number of anilines is 4. The minimum absolute atomic E-state index is 0.275. The topological polar surface area (TPSA) is 193 Å². The minimum atomic E-state index is 0.275. The Bertz CT molecular complexity index is 1700. The molecule has 0 unspecified atom stereocenters. The Hall–Kier alpha value is -5.28. The second-order valence-electron chi connectivity index (χ2n) is 11.2. The third-order valence-corrected chi connectivity index (χ3v) is 7.83. The molecule has 0 aromatic carbocycles. The fourth-order valence-corrected chi connectivity index (χ4v) is 5.60. The molecule has 0 spiro atoms. The molecule has 1 aliphatic rings. The van der Waals surface area contributed by atoms with Crippen LogP contribution in [0.25, 0.3) is 22.3 Å². The summed E-state index contributed by atoms with van der Waals surface area (Å²) >= 11 is 0. The Balaban J connectivity index is 0.957. The maximum absolute atomic E-state index is 4.79. The van der Waals surface area contributed by atoms with Crippen LogP contribution in [0.1, 0.15) is 37.1 Å². The number of aromatic amines is 2. The first-order chi connectivity index (χ1) is 21.6. The van der Waals surface area contributed by atoms with Crippen LogP contribution in [0.15, 0.2) is 37.7 Å². The van der Waals surface area contributed by atoms with Crippen molar-refractivity contribution in [2.75, 3.05) is 34.4 Å². The third kappa shape index (κ3) is 6.23. The fourth-order valence-electron chi connectivity index (χ4n) is 5.60. The second kappa shape index (κ2) is 12.1. The van der Waals surface area contributed by atoms with Crippen LogP contribution in [0.5, 0.6) is 0 Å². The molecule has 1 fully saturated rings. The molecule has 7 rings (SSSR count). The van der Waals surface area contributed by atoms with E-state index in [9.17, 15) is 0 Å². The van der Waals surface area contributed by atoms with Crippen molar-refractivity contribution in [2.24, 2.45) is 14.1 Å². The minimum Gasteiger partial charge on any atom is -0.365 e. The van der Waals surface area contributed by atoms with Gasteiger partial charge in [0.25, 0.3) is 0 Å². The summed E-state index contributed by atoms with van der Waals surface area (Å²) in [5, 5.41) is 14.0. The van der Waals surface area contributed by atoms with Crippen molar-refractivity contribution >= 4 is 45.9 Å². The van der Waals surface area contributed by atoms with Crippen molar-refractivity contribution in [3.63, 3.8) is 0 Å². The Labute approximate surface area is 253 Å². The molecular formula is C28H36N16. The maximum atomic E-state index is 4.79. The van der Waals surface area contributed by atoms with Gasteiger partial charge in [0.05, 0.1) is 36.7 Å². The van der Waals surface area contributed by atoms with Gasteiger partial charge in [0.2, 0.25) is 11.9 Å². The van der Waals surface area contributed by atoms with E-state index >= 15 is 0 Å². The molecule has 0 bridgehead atoms. The Kier molecular flexibility index (Phi) is 7.60. The van der Waals surface area contributed by atoms with Crippen molar-refractivity contribution in [3.8, 4) is 0 Å². The smallest absolute Gasteiger partial charge is 0.226 e. The number of fused-ring (bicyclic) bond motifs is 2. The summed E-state index contributed by atoms with van der Waals surface area (Å²) in [5.41, 5.74) is 4.93. The van der Waals surface area contributed by atoms with Gasteiger partial charge in [-0.15, -0.1) is 0 Å². The normalized spacial score (nSPS) is 16.9. The molecule has 6 N–H and O–H groups in total. The summed E-state index contributed by atoms with van der Waals surface area (Å²) < 4.78 is 3.89. The number of hydrogen-bond acceptors (Lipinski definition) is 12. The van der Waals surface area contributed by atoms with Crippen LogP contribution in [0.4, 0.5) is 23.5 Å². The van der Waals surface area contributed by atoms with Gasteiger partial charge >= 0.3 is 0 Å². The van der Waals surface area contributed by atoms with Crippen molar-refractivity contribution in [1.82, 2.24) is 59.0 Å². The van der Waals surface area contributed by atoms with E-state index in [1.54, 1.807) is 25.3 Å². The number of nitrogens with zero attached hydrogens (tertiary/aromatic N) is 10. The summed E-state index contributed by atoms with van der Waals surface area (Å²) in [6, 6.07) is 0.550. The van der Waals surface area contributed by atoms with E-state index in [-0.39, 0.29) is 12.1 Å². The zero-order chi connectivity index (χ0) is 29.9. The predicted molar refractivity (Wildman–Crippen MR) is 167 cm³/mol. The summed E-state index contributed by atoms with van der Waals surface area (Å²) in [7, 11) is 3.93. The molecule has 6 heterocycles. The molecule has 0 atom stereocenters. The number of hydrogen-bond donors (Lipinski definition) is 6. The highest BCUT2D eigenvalue weighted by atomic mass is 15.2. The lowest BCUT2D eigenvalue weighted by atomic mass is 9.91. The van der Waals surface area contributed by atoms with Crippen molar-refractivity contribution in [1.29, 1.82) is 0 Å². The van der Waals surface area contributed by atoms with E-state index in [0.29, 0.717) is 36.3 Å². The lowest BCUT2D eigenvalue weighted by molar-refractivity contribution is 0.428. The van der Waals surface area contributed by atoms with Crippen LogP contribution in [-0.4, -0.2) is 84.1 Å². The maximum Gasteiger partial charge on any atom is 0.226 e. The summed E-state index contributed by atoms with van der Waals surface area (Å²) in [6.45, 7) is 1.36. The van der Waals surface area contributed by atoms with Gasteiger partial charge < -0.3 is 40.4 Å². The molecule has 0 saturated heterocycles. The van der Waals surface area contributed by atoms with Crippen molar-refractivity contribution in [2.45, 2.75) is 50.6 Å². The molecule has 6 aromatic heterocycles. The van der Waals surface area contributed by atoms with Crippen LogP contribution in [0.3, 0.4) is 0 Å². The molecule has 44 heavy (non-hydrogen) atoms. The Morgan fingerprint density at radius 1 is 0.659 bits per heavy atom. The molecule has 0 radical (unpaired) electrons. The van der Waals surface area contributed by atoms with Gasteiger partial charge in [-0.3, -0.25) is 0 Å². The molecule has 0 amide bonds. The molecule has 228 valence electrons. The lowest BCUT2D eigenvalue weighted by Gasteiger charge is -2.30. The average Bonchev–Trinajstić information content (AvgIpc) is 3.83. The largest absolute Gasteiger partial charge is 0.365 e. The van der Waals surface area contributed by atoms with Gasteiger partial charge in [-0.1, -0.05) is 0 Å². The monoisotopic (exact) mass is 596 g/mol. The molecule has 6 aromatic rings. The first-order valence-corrected chi connectivity index (χ1v) is 14.9. The van der Waals surface area contributed by atoms with Gasteiger partial charge in [-0.2, -0.15) is 19.9 Å².